The van der Waals surface area contributed by atoms with Crippen molar-refractivity contribution in [3.8, 4) is 0 Å². The molecule has 0 aliphatic carbocycles. The van der Waals surface area contributed by atoms with Gasteiger partial charge in [-0.1, -0.05) is 0 Å². The standard InChI is InChI=1S/C10H21NO6S2/c1-10(12,4-5-17-2)8-11-19(15,16)9-3-6-18(13,14)7-9/h9,11-12H,3-8H2,1-2H3. The van der Waals surface area contributed by atoms with Crippen LogP contribution in [0.4, 0.5) is 0 Å². The number of ether oxygens (including phenoxy) is 1. The summed E-state index contributed by atoms with van der Waals surface area (Å²) in [7, 11) is -5.48. The van der Waals surface area contributed by atoms with Crippen molar-refractivity contribution in [2.75, 3.05) is 31.8 Å². The second-order valence-electron chi connectivity index (χ2n) is 5.13. The second-order valence-corrected chi connectivity index (χ2v) is 9.40. The van der Waals surface area contributed by atoms with Crippen LogP contribution in [0.2, 0.25) is 0 Å². The molecule has 1 aliphatic heterocycles. The van der Waals surface area contributed by atoms with Crippen LogP contribution in [-0.4, -0.2) is 64.6 Å². The van der Waals surface area contributed by atoms with Crippen LogP contribution in [0.15, 0.2) is 0 Å². The van der Waals surface area contributed by atoms with Gasteiger partial charge in [-0.2, -0.15) is 0 Å². The summed E-state index contributed by atoms with van der Waals surface area (Å²) in [6, 6.07) is 0. The van der Waals surface area contributed by atoms with E-state index in [1.165, 1.54) is 14.0 Å². The Bertz CT molecular complexity index is 496. The minimum absolute atomic E-state index is 0.0986. The fraction of sp³-hybridized carbons (Fsp3) is 1.00. The molecule has 0 aromatic heterocycles. The molecule has 2 atom stereocenters. The maximum atomic E-state index is 11.9. The van der Waals surface area contributed by atoms with Gasteiger partial charge in [-0.05, 0) is 13.3 Å². The average molecular weight is 315 g/mol. The molecule has 0 radical (unpaired) electrons. The lowest BCUT2D eigenvalue weighted by Gasteiger charge is -2.24. The van der Waals surface area contributed by atoms with Crippen molar-refractivity contribution in [2.45, 2.75) is 30.6 Å². The lowest BCUT2D eigenvalue weighted by Crippen LogP contribution is -2.44. The Kier molecular flexibility index (Phi) is 5.35. The molecule has 0 amide bonds. The molecule has 0 saturated carbocycles. The van der Waals surface area contributed by atoms with Gasteiger partial charge in [0, 0.05) is 26.7 Å². The number of nitrogens with one attached hydrogen (secondary N) is 1. The van der Waals surface area contributed by atoms with E-state index in [0.717, 1.165) is 0 Å². The molecule has 2 unspecified atom stereocenters. The molecule has 19 heavy (non-hydrogen) atoms. The number of rotatable bonds is 7. The van der Waals surface area contributed by atoms with E-state index in [4.69, 9.17) is 4.74 Å². The molecule has 9 heteroatoms. The molecule has 2 N–H and O–H groups in total. The molecule has 1 fully saturated rings. The Labute approximate surface area is 114 Å². The first-order chi connectivity index (χ1) is 8.58. The lowest BCUT2D eigenvalue weighted by molar-refractivity contribution is 0.0291. The predicted octanol–water partition coefficient (Wildman–Crippen LogP) is -1.12. The van der Waals surface area contributed by atoms with Gasteiger partial charge in [-0.3, -0.25) is 0 Å². The van der Waals surface area contributed by atoms with Gasteiger partial charge in [0.05, 0.1) is 22.4 Å². The fourth-order valence-corrected chi connectivity index (χ4v) is 6.00. The highest BCUT2D eigenvalue weighted by Gasteiger charge is 2.37. The van der Waals surface area contributed by atoms with Gasteiger partial charge < -0.3 is 9.84 Å². The summed E-state index contributed by atoms with van der Waals surface area (Å²) in [5, 5.41) is 9.01. The van der Waals surface area contributed by atoms with E-state index in [9.17, 15) is 21.9 Å². The summed E-state index contributed by atoms with van der Waals surface area (Å²) in [5.74, 6) is -0.443. The normalized spacial score (nSPS) is 26.2. The zero-order valence-electron chi connectivity index (χ0n) is 11.1. The van der Waals surface area contributed by atoms with Gasteiger partial charge in [0.25, 0.3) is 0 Å². The number of sulfonamides is 1. The zero-order chi connectivity index (χ0) is 14.7. The molecule has 1 saturated heterocycles. The van der Waals surface area contributed by atoms with Crippen molar-refractivity contribution in [3.05, 3.63) is 0 Å². The molecule has 0 spiro atoms. The minimum Gasteiger partial charge on any atom is -0.389 e. The van der Waals surface area contributed by atoms with Crippen molar-refractivity contribution in [1.29, 1.82) is 0 Å². The van der Waals surface area contributed by atoms with Crippen molar-refractivity contribution < 1.29 is 26.7 Å². The van der Waals surface area contributed by atoms with Gasteiger partial charge in [-0.25, -0.2) is 21.6 Å². The van der Waals surface area contributed by atoms with Gasteiger partial charge in [0.15, 0.2) is 9.84 Å². The van der Waals surface area contributed by atoms with E-state index in [-0.39, 0.29) is 30.9 Å². The summed E-state index contributed by atoms with van der Waals surface area (Å²) in [6.07, 6.45) is 0.396. The monoisotopic (exact) mass is 315 g/mol. The summed E-state index contributed by atoms with van der Waals surface area (Å²) >= 11 is 0. The first-order valence-electron chi connectivity index (χ1n) is 5.98. The van der Waals surface area contributed by atoms with E-state index < -0.39 is 30.7 Å². The molecule has 1 heterocycles. The van der Waals surface area contributed by atoms with E-state index >= 15 is 0 Å². The average Bonchev–Trinajstić information content (AvgIpc) is 2.66. The van der Waals surface area contributed by atoms with Crippen LogP contribution in [0, 0.1) is 0 Å². The molecule has 1 rings (SSSR count). The zero-order valence-corrected chi connectivity index (χ0v) is 12.8. The SMILES string of the molecule is COCCC(C)(O)CNS(=O)(=O)C1CCS(=O)(=O)C1. The Balaban J connectivity index is 2.57. The van der Waals surface area contributed by atoms with Crippen molar-refractivity contribution in [3.63, 3.8) is 0 Å². The molecule has 0 aromatic carbocycles. The lowest BCUT2D eigenvalue weighted by atomic mass is 10.0. The Morgan fingerprint density at radius 1 is 1.47 bits per heavy atom. The van der Waals surface area contributed by atoms with Gasteiger partial charge >= 0.3 is 0 Å². The largest absolute Gasteiger partial charge is 0.389 e. The van der Waals surface area contributed by atoms with E-state index in [0.29, 0.717) is 6.61 Å². The van der Waals surface area contributed by atoms with Gasteiger partial charge in [0.2, 0.25) is 10.0 Å². The Hall–Kier alpha value is -0.220. The summed E-state index contributed by atoms with van der Waals surface area (Å²) in [4.78, 5) is 0. The number of aliphatic hydroxyl groups is 1. The smallest absolute Gasteiger partial charge is 0.215 e. The molecule has 0 bridgehead atoms. The number of hydrogen-bond donors (Lipinski definition) is 2. The maximum Gasteiger partial charge on any atom is 0.215 e. The highest BCUT2D eigenvalue weighted by Crippen LogP contribution is 2.19. The molecule has 114 valence electrons. The molecule has 0 aromatic rings. The van der Waals surface area contributed by atoms with Crippen LogP contribution >= 0.6 is 0 Å². The summed E-state index contributed by atoms with van der Waals surface area (Å²) < 4.78 is 53.5. The Morgan fingerprint density at radius 2 is 2.11 bits per heavy atom. The number of sulfone groups is 1. The first kappa shape index (κ1) is 16.8. The molecular weight excluding hydrogens is 294 g/mol. The van der Waals surface area contributed by atoms with Crippen LogP contribution in [-0.2, 0) is 24.6 Å². The first-order valence-corrected chi connectivity index (χ1v) is 9.35. The maximum absolute atomic E-state index is 11.9. The van der Waals surface area contributed by atoms with Crippen molar-refractivity contribution >= 4 is 19.9 Å². The fourth-order valence-electron chi connectivity index (χ4n) is 1.79. The van der Waals surface area contributed by atoms with Crippen molar-refractivity contribution in [2.24, 2.45) is 0 Å². The van der Waals surface area contributed by atoms with Crippen molar-refractivity contribution in [1.82, 2.24) is 4.72 Å². The summed E-state index contributed by atoms with van der Waals surface area (Å²) in [6.45, 7) is 1.65. The van der Waals surface area contributed by atoms with Crippen LogP contribution in [0.5, 0.6) is 0 Å². The summed E-state index contributed by atoms with van der Waals surface area (Å²) in [5.41, 5.74) is -1.22. The topological polar surface area (TPSA) is 110 Å². The predicted molar refractivity (Wildman–Crippen MR) is 71.1 cm³/mol. The van der Waals surface area contributed by atoms with Crippen LogP contribution in [0.1, 0.15) is 19.8 Å². The van der Waals surface area contributed by atoms with Gasteiger partial charge in [-0.15, -0.1) is 0 Å². The third kappa shape index (κ3) is 5.35. The highest BCUT2D eigenvalue weighted by atomic mass is 32.2. The number of hydrogen-bond acceptors (Lipinski definition) is 6. The van der Waals surface area contributed by atoms with Crippen LogP contribution in [0.3, 0.4) is 0 Å². The van der Waals surface area contributed by atoms with Crippen LogP contribution < -0.4 is 4.72 Å². The van der Waals surface area contributed by atoms with E-state index in [1.807, 2.05) is 0 Å². The molecule has 1 aliphatic rings. The van der Waals surface area contributed by atoms with E-state index in [1.54, 1.807) is 0 Å². The second kappa shape index (κ2) is 6.04. The third-order valence-electron chi connectivity index (χ3n) is 3.13. The quantitative estimate of drug-likeness (QED) is 0.616. The van der Waals surface area contributed by atoms with Crippen LogP contribution in [0.25, 0.3) is 0 Å². The molecule has 7 nitrogen and oxygen atoms in total. The minimum atomic E-state index is -3.72. The number of methoxy groups -OCH3 is 1. The van der Waals surface area contributed by atoms with E-state index in [2.05, 4.69) is 4.72 Å². The molecular formula is C10H21NO6S2. The Morgan fingerprint density at radius 3 is 2.58 bits per heavy atom. The highest BCUT2D eigenvalue weighted by molar-refractivity contribution is 7.95. The third-order valence-corrected chi connectivity index (χ3v) is 6.93. The van der Waals surface area contributed by atoms with Gasteiger partial charge in [0.1, 0.15) is 0 Å².